The second-order valence-electron chi connectivity index (χ2n) is 8.01. The lowest BCUT2D eigenvalue weighted by molar-refractivity contribution is -0.146. The molecule has 0 saturated heterocycles. The van der Waals surface area contributed by atoms with E-state index in [9.17, 15) is 9.59 Å². The van der Waals surface area contributed by atoms with Crippen LogP contribution in [0.25, 0.3) is 0 Å². The van der Waals surface area contributed by atoms with E-state index in [1.54, 1.807) is 35.8 Å². The fourth-order valence-electron chi connectivity index (χ4n) is 3.49. The topological polar surface area (TPSA) is 99.7 Å². The van der Waals surface area contributed by atoms with Crippen LogP contribution in [-0.4, -0.2) is 42.5 Å². The molecule has 1 heterocycles. The van der Waals surface area contributed by atoms with Crippen LogP contribution in [0.3, 0.4) is 0 Å². The van der Waals surface area contributed by atoms with Crippen LogP contribution >= 0.6 is 23.1 Å². The fourth-order valence-corrected chi connectivity index (χ4v) is 5.47. The van der Waals surface area contributed by atoms with Crippen molar-refractivity contribution in [1.29, 1.82) is 0 Å². The van der Waals surface area contributed by atoms with E-state index >= 15 is 0 Å². The molecular weight excluding hydrogens is 446 g/mol. The zero-order valence-corrected chi connectivity index (χ0v) is 20.4. The maximum atomic E-state index is 13.4. The summed E-state index contributed by atoms with van der Waals surface area (Å²) < 4.78 is 1.16. The van der Waals surface area contributed by atoms with Gasteiger partial charge < -0.3 is 10.6 Å². The van der Waals surface area contributed by atoms with Gasteiger partial charge in [0.05, 0.1) is 10.8 Å². The standard InChI is InChI=1S/C23H33N3O4S2/c1-16(2)12-19(18(14-30-26-29)15-32-21-10-7-11-31-21)22(27)25-20(23(28)24-3)13-17-8-5-4-6-9-17/h4-11,16,18-20,26,29H,12-15H2,1-3H3,(H,24,28)(H,25,27). The molecule has 32 heavy (non-hydrogen) atoms. The van der Waals surface area contributed by atoms with E-state index < -0.39 is 6.04 Å². The summed E-state index contributed by atoms with van der Waals surface area (Å²) in [5.74, 6) is -0.0273. The smallest absolute Gasteiger partial charge is 0.242 e. The molecule has 0 aliphatic rings. The van der Waals surface area contributed by atoms with Crippen LogP contribution in [0.5, 0.6) is 0 Å². The molecule has 1 aromatic carbocycles. The van der Waals surface area contributed by atoms with E-state index in [-0.39, 0.29) is 36.2 Å². The van der Waals surface area contributed by atoms with Crippen molar-refractivity contribution in [2.45, 2.75) is 36.9 Å². The van der Waals surface area contributed by atoms with Crippen LogP contribution in [-0.2, 0) is 20.8 Å². The van der Waals surface area contributed by atoms with Gasteiger partial charge >= 0.3 is 0 Å². The predicted octanol–water partition coefficient (Wildman–Crippen LogP) is 3.50. The molecule has 0 aliphatic carbocycles. The van der Waals surface area contributed by atoms with Gasteiger partial charge in [-0.2, -0.15) is 0 Å². The van der Waals surface area contributed by atoms with Gasteiger partial charge in [0.1, 0.15) is 6.04 Å². The van der Waals surface area contributed by atoms with Crippen molar-refractivity contribution in [3.63, 3.8) is 0 Å². The van der Waals surface area contributed by atoms with Crippen molar-refractivity contribution in [2.24, 2.45) is 17.8 Å². The highest BCUT2D eigenvalue weighted by Crippen LogP contribution is 2.31. The number of nitrogens with one attached hydrogen (secondary N) is 3. The maximum absolute atomic E-state index is 13.4. The Morgan fingerprint density at radius 2 is 1.88 bits per heavy atom. The first-order valence-corrected chi connectivity index (χ1v) is 12.5. The molecule has 3 atom stereocenters. The van der Waals surface area contributed by atoms with E-state index in [0.29, 0.717) is 18.6 Å². The lowest BCUT2D eigenvalue weighted by atomic mass is 9.85. The van der Waals surface area contributed by atoms with Crippen molar-refractivity contribution in [2.75, 3.05) is 19.4 Å². The highest BCUT2D eigenvalue weighted by molar-refractivity contribution is 8.01. The van der Waals surface area contributed by atoms with Crippen LogP contribution in [0, 0.1) is 17.8 Å². The summed E-state index contributed by atoms with van der Waals surface area (Å²) in [6, 6.07) is 13.0. The van der Waals surface area contributed by atoms with Gasteiger partial charge in [0.25, 0.3) is 0 Å². The molecule has 0 bridgehead atoms. The van der Waals surface area contributed by atoms with Crippen molar-refractivity contribution in [3.05, 3.63) is 53.4 Å². The van der Waals surface area contributed by atoms with Gasteiger partial charge in [-0.15, -0.1) is 23.1 Å². The average Bonchev–Trinajstić information content (AvgIpc) is 3.31. The molecule has 0 fully saturated rings. The summed E-state index contributed by atoms with van der Waals surface area (Å²) in [6.45, 7) is 4.30. The molecule has 0 saturated carbocycles. The van der Waals surface area contributed by atoms with Crippen molar-refractivity contribution in [1.82, 2.24) is 16.3 Å². The SMILES string of the molecule is CNC(=O)C(Cc1ccccc1)NC(=O)C(CC(C)C)C(CONO)CSc1cccs1. The van der Waals surface area contributed by atoms with Crippen LogP contribution in [0.2, 0.25) is 0 Å². The number of hydrogen-bond acceptors (Lipinski definition) is 7. The van der Waals surface area contributed by atoms with Gasteiger partial charge in [0.15, 0.2) is 0 Å². The number of benzene rings is 1. The number of carbonyl (C=O) groups excluding carboxylic acids is 2. The van der Waals surface area contributed by atoms with Crippen molar-refractivity contribution < 1.29 is 19.6 Å². The minimum absolute atomic E-state index is 0.161. The van der Waals surface area contributed by atoms with Gasteiger partial charge in [-0.3, -0.25) is 19.6 Å². The first kappa shape index (κ1) is 26.3. The van der Waals surface area contributed by atoms with Crippen molar-refractivity contribution in [3.8, 4) is 0 Å². The highest BCUT2D eigenvalue weighted by Gasteiger charge is 2.32. The van der Waals surface area contributed by atoms with Crippen molar-refractivity contribution >= 4 is 34.9 Å². The molecule has 4 N–H and O–H groups in total. The lowest BCUT2D eigenvalue weighted by Gasteiger charge is -2.29. The Bertz CT molecular complexity index is 803. The average molecular weight is 480 g/mol. The van der Waals surface area contributed by atoms with Crippen LogP contribution in [0.1, 0.15) is 25.8 Å². The quantitative estimate of drug-likeness (QED) is 0.244. The van der Waals surface area contributed by atoms with Gasteiger partial charge in [-0.05, 0) is 29.3 Å². The summed E-state index contributed by atoms with van der Waals surface area (Å²) in [5, 5.41) is 16.6. The van der Waals surface area contributed by atoms with Gasteiger partial charge in [0, 0.05) is 31.1 Å². The van der Waals surface area contributed by atoms with E-state index in [4.69, 9.17) is 10.0 Å². The zero-order valence-electron chi connectivity index (χ0n) is 18.7. The van der Waals surface area contributed by atoms with E-state index in [1.807, 2.05) is 47.8 Å². The second-order valence-corrected chi connectivity index (χ2v) is 10.3. The first-order chi connectivity index (χ1) is 15.4. The summed E-state index contributed by atoms with van der Waals surface area (Å²) in [5.41, 5.74) is 2.71. The normalized spacial score (nSPS) is 14.0. The largest absolute Gasteiger partial charge is 0.357 e. The highest BCUT2D eigenvalue weighted by atomic mass is 32.2. The van der Waals surface area contributed by atoms with Crippen LogP contribution < -0.4 is 16.3 Å². The number of amides is 2. The number of thioether (sulfide) groups is 1. The van der Waals surface area contributed by atoms with Gasteiger partial charge in [-0.25, -0.2) is 0 Å². The minimum atomic E-state index is -0.674. The molecule has 9 heteroatoms. The molecule has 2 amide bonds. The third-order valence-electron chi connectivity index (χ3n) is 5.09. The summed E-state index contributed by atoms with van der Waals surface area (Å²) in [6.07, 6.45) is 1.05. The number of thiophene rings is 1. The molecule has 7 nitrogen and oxygen atoms in total. The Labute approximate surface area is 198 Å². The maximum Gasteiger partial charge on any atom is 0.242 e. The minimum Gasteiger partial charge on any atom is -0.357 e. The number of carbonyl (C=O) groups is 2. The molecule has 0 radical (unpaired) electrons. The van der Waals surface area contributed by atoms with E-state index in [2.05, 4.69) is 24.5 Å². The molecule has 0 spiro atoms. The predicted molar refractivity (Wildman–Crippen MR) is 128 cm³/mol. The monoisotopic (exact) mass is 479 g/mol. The molecule has 0 aliphatic heterocycles. The van der Waals surface area contributed by atoms with E-state index in [1.165, 1.54) is 0 Å². The van der Waals surface area contributed by atoms with Gasteiger partial charge in [0.2, 0.25) is 11.8 Å². The number of rotatable bonds is 14. The zero-order chi connectivity index (χ0) is 23.3. The summed E-state index contributed by atoms with van der Waals surface area (Å²) in [7, 11) is 1.57. The Kier molecular flexibility index (Phi) is 11.8. The number of likely N-dealkylation sites (N-methyl/N-ethyl adjacent to an activating group) is 1. The molecule has 2 rings (SSSR count). The fraction of sp³-hybridized carbons (Fsp3) is 0.478. The lowest BCUT2D eigenvalue weighted by Crippen LogP contribution is -2.50. The molecule has 1 aromatic heterocycles. The second kappa shape index (κ2) is 14.3. The van der Waals surface area contributed by atoms with Crippen LogP contribution in [0.4, 0.5) is 0 Å². The third kappa shape index (κ3) is 8.91. The van der Waals surface area contributed by atoms with Crippen LogP contribution in [0.15, 0.2) is 52.1 Å². The molecule has 2 aromatic rings. The Balaban J connectivity index is 2.17. The first-order valence-electron chi connectivity index (χ1n) is 10.7. The molecule has 176 valence electrons. The third-order valence-corrected chi connectivity index (χ3v) is 7.41. The van der Waals surface area contributed by atoms with Gasteiger partial charge in [-0.1, -0.05) is 55.9 Å². The molecular formula is C23H33N3O4S2. The summed E-state index contributed by atoms with van der Waals surface area (Å²) >= 11 is 3.31. The Morgan fingerprint density at radius 3 is 2.47 bits per heavy atom. The Hall–Kier alpha value is -1.91. The van der Waals surface area contributed by atoms with E-state index in [0.717, 1.165) is 9.77 Å². The Morgan fingerprint density at radius 1 is 1.12 bits per heavy atom. The molecule has 3 unspecified atom stereocenters. The summed E-state index contributed by atoms with van der Waals surface area (Å²) in [4.78, 5) is 31.0. The number of hydrogen-bond donors (Lipinski definition) is 4.